The molecule has 3 aliphatic rings. The van der Waals surface area contributed by atoms with E-state index in [1.54, 1.807) is 0 Å². The highest BCUT2D eigenvalue weighted by atomic mass is 16.1. The summed E-state index contributed by atoms with van der Waals surface area (Å²) in [4.78, 5) is 24.6. The van der Waals surface area contributed by atoms with Gasteiger partial charge in [0.25, 0.3) is 0 Å². The van der Waals surface area contributed by atoms with Gasteiger partial charge in [-0.3, -0.25) is 9.59 Å². The van der Waals surface area contributed by atoms with Gasteiger partial charge < -0.3 is 0 Å². The Kier molecular flexibility index (Phi) is 2.03. The Hall–Kier alpha value is -0.660. The van der Waals surface area contributed by atoms with Crippen molar-refractivity contribution >= 4 is 11.6 Å². The van der Waals surface area contributed by atoms with Crippen molar-refractivity contribution in [1.82, 2.24) is 0 Å². The van der Waals surface area contributed by atoms with Crippen molar-refractivity contribution in [1.29, 1.82) is 0 Å². The van der Waals surface area contributed by atoms with Gasteiger partial charge >= 0.3 is 0 Å². The van der Waals surface area contributed by atoms with Gasteiger partial charge in [0.1, 0.15) is 11.6 Å². The maximum absolute atomic E-state index is 12.5. The Morgan fingerprint density at radius 1 is 1.06 bits per heavy atom. The first-order valence-electron chi connectivity index (χ1n) is 6.87. The third-order valence-corrected chi connectivity index (χ3v) is 5.94. The molecule has 3 fully saturated rings. The third kappa shape index (κ3) is 1.27. The molecule has 2 bridgehead atoms. The average Bonchev–Trinajstić information content (AvgIpc) is 2.41. The summed E-state index contributed by atoms with van der Waals surface area (Å²) in [6.45, 7) is 6.57. The quantitative estimate of drug-likeness (QED) is 0.645. The van der Waals surface area contributed by atoms with Crippen LogP contribution in [0.1, 0.15) is 59.3 Å². The second-order valence-corrected chi connectivity index (χ2v) is 7.50. The standard InChI is InChI=1S/C15H22O2/c1-13(2)8-12(17)15-7-5-11(16)14(3,9-15)6-4-10(13)15/h10H,4-9H2,1-3H3/t10-,14+,15-/m0/s1. The largest absolute Gasteiger partial charge is 0.299 e. The zero-order chi connectivity index (χ0) is 12.5. The summed E-state index contributed by atoms with van der Waals surface area (Å²) >= 11 is 0. The van der Waals surface area contributed by atoms with E-state index in [-0.39, 0.29) is 16.2 Å². The van der Waals surface area contributed by atoms with Crippen molar-refractivity contribution in [3.05, 3.63) is 0 Å². The molecule has 3 atom stereocenters. The summed E-state index contributed by atoms with van der Waals surface area (Å²) in [5.41, 5.74) is -0.173. The molecule has 0 amide bonds. The monoisotopic (exact) mass is 234 g/mol. The molecule has 0 aromatic carbocycles. The number of carbonyl (C=O) groups is 2. The maximum atomic E-state index is 12.5. The molecule has 0 radical (unpaired) electrons. The number of rotatable bonds is 0. The van der Waals surface area contributed by atoms with Crippen molar-refractivity contribution in [3.63, 3.8) is 0 Å². The fraction of sp³-hybridized carbons (Fsp3) is 0.867. The highest BCUT2D eigenvalue weighted by Gasteiger charge is 2.64. The van der Waals surface area contributed by atoms with Gasteiger partial charge in [-0.2, -0.15) is 0 Å². The Bertz CT molecular complexity index is 409. The van der Waals surface area contributed by atoms with Crippen molar-refractivity contribution in [2.45, 2.75) is 59.3 Å². The lowest BCUT2D eigenvalue weighted by atomic mass is 9.50. The zero-order valence-electron chi connectivity index (χ0n) is 11.1. The zero-order valence-corrected chi connectivity index (χ0v) is 11.1. The van der Waals surface area contributed by atoms with Crippen LogP contribution >= 0.6 is 0 Å². The van der Waals surface area contributed by atoms with Crippen LogP contribution in [0.5, 0.6) is 0 Å². The summed E-state index contributed by atoms with van der Waals surface area (Å²) in [6, 6.07) is 0. The molecule has 0 aromatic heterocycles. The van der Waals surface area contributed by atoms with Gasteiger partial charge in [0.2, 0.25) is 0 Å². The van der Waals surface area contributed by atoms with E-state index in [1.807, 2.05) is 0 Å². The van der Waals surface area contributed by atoms with Gasteiger partial charge in [-0.15, -0.1) is 0 Å². The predicted molar refractivity (Wildman–Crippen MR) is 65.5 cm³/mol. The molecule has 3 aliphatic carbocycles. The van der Waals surface area contributed by atoms with Gasteiger partial charge in [-0.25, -0.2) is 0 Å². The molecular formula is C15H22O2. The van der Waals surface area contributed by atoms with E-state index >= 15 is 0 Å². The van der Waals surface area contributed by atoms with Crippen LogP contribution in [0.15, 0.2) is 0 Å². The second kappa shape index (κ2) is 3.02. The van der Waals surface area contributed by atoms with Crippen LogP contribution in [0, 0.1) is 22.2 Å². The molecular weight excluding hydrogens is 212 g/mol. The highest BCUT2D eigenvalue weighted by molar-refractivity contribution is 5.94. The molecule has 0 aliphatic heterocycles. The van der Waals surface area contributed by atoms with Crippen molar-refractivity contribution in [2.75, 3.05) is 0 Å². The molecule has 0 unspecified atom stereocenters. The highest BCUT2D eigenvalue weighted by Crippen LogP contribution is 2.66. The molecule has 94 valence electrons. The SMILES string of the molecule is CC1(C)CC(=O)[C@]23CCC(=O)[C@](C)(CC[C@@H]12)C3. The molecule has 3 saturated carbocycles. The van der Waals surface area contributed by atoms with Crippen molar-refractivity contribution in [2.24, 2.45) is 22.2 Å². The lowest BCUT2D eigenvalue weighted by Crippen LogP contribution is -2.51. The van der Waals surface area contributed by atoms with Gasteiger partial charge in [0, 0.05) is 23.7 Å². The first-order chi connectivity index (χ1) is 7.80. The first kappa shape index (κ1) is 11.4. The first-order valence-corrected chi connectivity index (χ1v) is 6.87. The second-order valence-electron chi connectivity index (χ2n) is 7.50. The number of Topliss-reactive ketones (excluding diaryl/α,β-unsaturated/α-hetero) is 2. The minimum atomic E-state index is -0.190. The molecule has 1 spiro atoms. The van der Waals surface area contributed by atoms with E-state index in [0.717, 1.165) is 32.1 Å². The molecule has 0 heterocycles. The van der Waals surface area contributed by atoms with E-state index < -0.39 is 0 Å². The summed E-state index contributed by atoms with van der Waals surface area (Å²) < 4.78 is 0. The summed E-state index contributed by atoms with van der Waals surface area (Å²) in [7, 11) is 0. The van der Waals surface area contributed by atoms with Gasteiger partial charge in [0.05, 0.1) is 0 Å². The van der Waals surface area contributed by atoms with Crippen LogP contribution in [0.3, 0.4) is 0 Å². The summed E-state index contributed by atoms with van der Waals surface area (Å²) in [5, 5.41) is 0. The van der Waals surface area contributed by atoms with Crippen LogP contribution in [0.25, 0.3) is 0 Å². The van der Waals surface area contributed by atoms with Gasteiger partial charge in [0.15, 0.2) is 0 Å². The topological polar surface area (TPSA) is 34.1 Å². The van der Waals surface area contributed by atoms with E-state index in [4.69, 9.17) is 0 Å². The fourth-order valence-electron chi connectivity index (χ4n) is 5.07. The molecule has 0 aromatic rings. The molecule has 2 nitrogen and oxygen atoms in total. The Morgan fingerprint density at radius 2 is 1.76 bits per heavy atom. The predicted octanol–water partition coefficient (Wildman–Crippen LogP) is 3.14. The van der Waals surface area contributed by atoms with E-state index in [0.29, 0.717) is 23.9 Å². The Balaban J connectivity index is 2.06. The minimum absolute atomic E-state index is 0.135. The van der Waals surface area contributed by atoms with Crippen LogP contribution in [-0.4, -0.2) is 11.6 Å². The lowest BCUT2D eigenvalue weighted by Gasteiger charge is -2.52. The van der Waals surface area contributed by atoms with Crippen LogP contribution in [0.2, 0.25) is 0 Å². The minimum Gasteiger partial charge on any atom is -0.299 e. The van der Waals surface area contributed by atoms with Gasteiger partial charge in [-0.1, -0.05) is 20.8 Å². The van der Waals surface area contributed by atoms with E-state index in [9.17, 15) is 9.59 Å². The molecule has 17 heavy (non-hydrogen) atoms. The van der Waals surface area contributed by atoms with Crippen molar-refractivity contribution in [3.8, 4) is 0 Å². The molecule has 2 heteroatoms. The van der Waals surface area contributed by atoms with Crippen LogP contribution < -0.4 is 0 Å². The number of ketones is 2. The fourth-order valence-corrected chi connectivity index (χ4v) is 5.07. The number of hydrogen-bond acceptors (Lipinski definition) is 2. The normalized spacial score (nSPS) is 48.1. The van der Waals surface area contributed by atoms with E-state index in [1.165, 1.54) is 0 Å². The molecule has 0 saturated heterocycles. The third-order valence-electron chi connectivity index (χ3n) is 5.94. The maximum Gasteiger partial charge on any atom is 0.139 e. The molecule has 3 rings (SSSR count). The lowest BCUT2D eigenvalue weighted by molar-refractivity contribution is -0.149. The summed E-state index contributed by atoms with van der Waals surface area (Å²) in [5.74, 6) is 1.37. The number of carbonyl (C=O) groups excluding carboxylic acids is 2. The van der Waals surface area contributed by atoms with Crippen LogP contribution in [0.4, 0.5) is 0 Å². The molecule has 0 N–H and O–H groups in total. The number of fused-ring (bicyclic) bond motifs is 1. The smallest absolute Gasteiger partial charge is 0.139 e. The van der Waals surface area contributed by atoms with Gasteiger partial charge in [-0.05, 0) is 37.0 Å². The summed E-state index contributed by atoms with van der Waals surface area (Å²) in [6.07, 6.45) is 5.09. The Morgan fingerprint density at radius 3 is 2.47 bits per heavy atom. The van der Waals surface area contributed by atoms with Crippen LogP contribution in [-0.2, 0) is 9.59 Å². The Labute approximate surface area is 103 Å². The van der Waals surface area contributed by atoms with Crippen molar-refractivity contribution < 1.29 is 9.59 Å². The average molecular weight is 234 g/mol. The van der Waals surface area contributed by atoms with E-state index in [2.05, 4.69) is 20.8 Å². The number of hydrogen-bond donors (Lipinski definition) is 0.